The number of aryl methyl sites for hydroxylation is 1. The minimum atomic E-state index is 0.106. The first-order chi connectivity index (χ1) is 10.3. The molecule has 0 saturated heterocycles. The fraction of sp³-hybridized carbons (Fsp3) is 0.533. The van der Waals surface area contributed by atoms with Crippen molar-refractivity contribution in [2.24, 2.45) is 0 Å². The van der Waals surface area contributed by atoms with Gasteiger partial charge in [-0.05, 0) is 19.9 Å². The summed E-state index contributed by atoms with van der Waals surface area (Å²) in [7, 11) is 1.62. The summed E-state index contributed by atoms with van der Waals surface area (Å²) < 4.78 is 7.34. The second kappa shape index (κ2) is 7.73. The molecule has 2 heterocycles. The average molecular weight is 289 g/mol. The molecular formula is C15H23N5O. The third kappa shape index (κ3) is 4.01. The Bertz CT molecular complexity index is 555. The summed E-state index contributed by atoms with van der Waals surface area (Å²) in [6.45, 7) is 6.12. The lowest BCUT2D eigenvalue weighted by Crippen LogP contribution is -2.26. The van der Waals surface area contributed by atoms with E-state index in [1.165, 1.54) is 0 Å². The molecule has 0 radical (unpaired) electrons. The molecule has 0 saturated carbocycles. The largest absolute Gasteiger partial charge is 0.481 e. The summed E-state index contributed by atoms with van der Waals surface area (Å²) in [6, 6.07) is 1.99. The smallest absolute Gasteiger partial charge is 0.216 e. The molecule has 0 aliphatic heterocycles. The molecule has 0 aromatic carbocycles. The van der Waals surface area contributed by atoms with Crippen LogP contribution in [0.1, 0.15) is 37.8 Å². The van der Waals surface area contributed by atoms with Gasteiger partial charge >= 0.3 is 0 Å². The van der Waals surface area contributed by atoms with Gasteiger partial charge in [0.05, 0.1) is 18.8 Å². The van der Waals surface area contributed by atoms with Gasteiger partial charge in [-0.1, -0.05) is 6.92 Å². The monoisotopic (exact) mass is 289 g/mol. The molecule has 0 amide bonds. The normalized spacial score (nSPS) is 12.3. The molecule has 6 nitrogen and oxygen atoms in total. The van der Waals surface area contributed by atoms with Gasteiger partial charge in [0, 0.05) is 31.4 Å². The maximum absolute atomic E-state index is 5.19. The van der Waals surface area contributed by atoms with Gasteiger partial charge in [-0.3, -0.25) is 0 Å². The summed E-state index contributed by atoms with van der Waals surface area (Å²) in [5.41, 5.74) is 0.931. The Morgan fingerprint density at radius 1 is 1.29 bits per heavy atom. The van der Waals surface area contributed by atoms with E-state index >= 15 is 0 Å². The van der Waals surface area contributed by atoms with Crippen LogP contribution in [-0.4, -0.2) is 33.2 Å². The number of nitrogens with one attached hydrogen (secondary N) is 1. The first-order valence-electron chi connectivity index (χ1n) is 7.37. The van der Waals surface area contributed by atoms with E-state index in [0.29, 0.717) is 5.88 Å². The number of methoxy groups -OCH3 is 1. The van der Waals surface area contributed by atoms with Gasteiger partial charge in [0.1, 0.15) is 12.2 Å². The maximum Gasteiger partial charge on any atom is 0.216 e. The maximum atomic E-state index is 5.19. The van der Waals surface area contributed by atoms with Gasteiger partial charge in [-0.25, -0.2) is 15.0 Å². The van der Waals surface area contributed by atoms with Crippen LogP contribution >= 0.6 is 0 Å². The van der Waals surface area contributed by atoms with Crippen molar-refractivity contribution in [3.8, 4) is 5.88 Å². The summed E-state index contributed by atoms with van der Waals surface area (Å²) >= 11 is 0. The van der Waals surface area contributed by atoms with Crippen molar-refractivity contribution in [2.75, 3.05) is 13.7 Å². The van der Waals surface area contributed by atoms with Crippen LogP contribution in [0.15, 0.2) is 24.8 Å². The Balaban J connectivity index is 2.20. The van der Waals surface area contributed by atoms with E-state index < -0.39 is 0 Å². The Morgan fingerprint density at radius 2 is 2.14 bits per heavy atom. The zero-order chi connectivity index (χ0) is 15.1. The van der Waals surface area contributed by atoms with Gasteiger partial charge in [0.25, 0.3) is 0 Å². The molecule has 2 aromatic rings. The predicted molar refractivity (Wildman–Crippen MR) is 81.2 cm³/mol. The fourth-order valence-corrected chi connectivity index (χ4v) is 2.26. The van der Waals surface area contributed by atoms with Crippen LogP contribution in [0.2, 0.25) is 0 Å². The topological polar surface area (TPSA) is 64.9 Å². The van der Waals surface area contributed by atoms with Crippen LogP contribution in [0.3, 0.4) is 0 Å². The van der Waals surface area contributed by atoms with Gasteiger partial charge in [-0.15, -0.1) is 0 Å². The molecule has 1 atom stereocenters. The van der Waals surface area contributed by atoms with Crippen LogP contribution in [0.25, 0.3) is 0 Å². The van der Waals surface area contributed by atoms with E-state index in [1.807, 2.05) is 18.5 Å². The number of imidazole rings is 1. The Morgan fingerprint density at radius 3 is 2.86 bits per heavy atom. The van der Waals surface area contributed by atoms with E-state index in [2.05, 4.69) is 38.7 Å². The molecule has 2 aromatic heterocycles. The molecule has 1 N–H and O–H groups in total. The number of rotatable bonds is 8. The Kier molecular flexibility index (Phi) is 5.68. The van der Waals surface area contributed by atoms with Crippen LogP contribution in [0, 0.1) is 0 Å². The van der Waals surface area contributed by atoms with E-state index in [9.17, 15) is 0 Å². The summed E-state index contributed by atoms with van der Waals surface area (Å²) in [6.07, 6.45) is 7.26. The molecule has 21 heavy (non-hydrogen) atoms. The third-order valence-electron chi connectivity index (χ3n) is 3.40. The van der Waals surface area contributed by atoms with Crippen LogP contribution in [0.5, 0.6) is 5.88 Å². The number of ether oxygens (including phenoxy) is 1. The molecule has 114 valence electrons. The highest BCUT2D eigenvalue weighted by Crippen LogP contribution is 2.18. The minimum Gasteiger partial charge on any atom is -0.481 e. The molecule has 0 aliphatic carbocycles. The van der Waals surface area contributed by atoms with Crippen LogP contribution < -0.4 is 10.1 Å². The molecule has 0 aliphatic rings. The lowest BCUT2D eigenvalue weighted by atomic mass is 10.1. The Hall–Kier alpha value is -1.95. The van der Waals surface area contributed by atoms with Gasteiger partial charge in [0.15, 0.2) is 0 Å². The van der Waals surface area contributed by atoms with Crippen molar-refractivity contribution in [3.05, 3.63) is 36.3 Å². The number of hydrogen-bond donors (Lipinski definition) is 1. The number of nitrogens with zero attached hydrogens (tertiary/aromatic N) is 4. The first-order valence-corrected chi connectivity index (χ1v) is 7.37. The lowest BCUT2D eigenvalue weighted by Gasteiger charge is -2.18. The molecule has 0 spiro atoms. The lowest BCUT2D eigenvalue weighted by molar-refractivity contribution is 0.393. The van der Waals surface area contributed by atoms with Crippen molar-refractivity contribution in [1.82, 2.24) is 24.8 Å². The summed E-state index contributed by atoms with van der Waals surface area (Å²) in [5, 5.41) is 3.53. The minimum absolute atomic E-state index is 0.106. The number of hydrogen-bond acceptors (Lipinski definition) is 5. The van der Waals surface area contributed by atoms with E-state index in [0.717, 1.165) is 37.4 Å². The average Bonchev–Trinajstić information content (AvgIpc) is 2.98. The first kappa shape index (κ1) is 15.4. The number of aromatic nitrogens is 4. The summed E-state index contributed by atoms with van der Waals surface area (Å²) in [4.78, 5) is 12.9. The highest BCUT2D eigenvalue weighted by atomic mass is 16.5. The Labute approximate surface area is 125 Å². The molecule has 6 heteroatoms. The standard InChI is InChI=1S/C15H23N5O/c1-4-6-16-12(9-14-17-7-8-20(14)5-2)13-10-15(21-3)19-11-18-13/h7-8,10-12,16H,4-6,9H2,1-3H3. The zero-order valence-corrected chi connectivity index (χ0v) is 12.9. The van der Waals surface area contributed by atoms with Crippen LogP contribution in [0.4, 0.5) is 0 Å². The van der Waals surface area contributed by atoms with Crippen molar-refractivity contribution in [3.63, 3.8) is 0 Å². The van der Waals surface area contributed by atoms with E-state index in [-0.39, 0.29) is 6.04 Å². The molecule has 1 unspecified atom stereocenters. The highest BCUT2D eigenvalue weighted by Gasteiger charge is 2.16. The second-order valence-corrected chi connectivity index (χ2v) is 4.83. The molecule has 2 rings (SSSR count). The second-order valence-electron chi connectivity index (χ2n) is 4.83. The molecule has 0 bridgehead atoms. The van der Waals surface area contributed by atoms with Crippen molar-refractivity contribution < 1.29 is 4.74 Å². The predicted octanol–water partition coefficient (Wildman–Crippen LogP) is 1.98. The van der Waals surface area contributed by atoms with Gasteiger partial charge < -0.3 is 14.6 Å². The summed E-state index contributed by atoms with van der Waals surface area (Å²) in [5.74, 6) is 1.64. The van der Waals surface area contributed by atoms with Gasteiger partial charge in [-0.2, -0.15) is 0 Å². The van der Waals surface area contributed by atoms with Crippen molar-refractivity contribution in [2.45, 2.75) is 39.3 Å². The molecule has 0 fully saturated rings. The van der Waals surface area contributed by atoms with Crippen LogP contribution in [-0.2, 0) is 13.0 Å². The highest BCUT2D eigenvalue weighted by molar-refractivity contribution is 5.18. The quantitative estimate of drug-likeness (QED) is 0.805. The third-order valence-corrected chi connectivity index (χ3v) is 3.40. The van der Waals surface area contributed by atoms with E-state index in [1.54, 1.807) is 13.4 Å². The van der Waals surface area contributed by atoms with Crippen molar-refractivity contribution in [1.29, 1.82) is 0 Å². The molecular weight excluding hydrogens is 266 g/mol. The van der Waals surface area contributed by atoms with E-state index in [4.69, 9.17) is 4.74 Å². The van der Waals surface area contributed by atoms with Gasteiger partial charge in [0.2, 0.25) is 5.88 Å². The van der Waals surface area contributed by atoms with Crippen molar-refractivity contribution >= 4 is 0 Å². The SMILES string of the molecule is CCCNC(Cc1nccn1CC)c1cc(OC)ncn1. The fourth-order valence-electron chi connectivity index (χ4n) is 2.26. The zero-order valence-electron chi connectivity index (χ0n) is 12.9.